The third-order valence-corrected chi connectivity index (χ3v) is 5.31. The molecule has 1 aliphatic carbocycles. The van der Waals surface area contributed by atoms with Gasteiger partial charge in [-0.3, -0.25) is 0 Å². The lowest BCUT2D eigenvalue weighted by Gasteiger charge is -2.37. The standard InChI is InChI=1S/C20H32O/c1-6-16(5)17-8-10-18(11-9-17)21-20-13-15(4)7-12-19(20)14(2)3/h8-11,14-16,19-20H,6-7,12-13H2,1-5H3/t15-,16?,19+,20-/m1/s1. The molecule has 0 spiro atoms. The fraction of sp³-hybridized carbons (Fsp3) is 0.700. The van der Waals surface area contributed by atoms with Gasteiger partial charge in [-0.1, -0.05) is 53.2 Å². The van der Waals surface area contributed by atoms with E-state index in [0.29, 0.717) is 23.9 Å². The van der Waals surface area contributed by atoms with Crippen LogP contribution in [0.5, 0.6) is 5.75 Å². The van der Waals surface area contributed by atoms with Crippen molar-refractivity contribution in [2.75, 3.05) is 0 Å². The summed E-state index contributed by atoms with van der Waals surface area (Å²) in [5.41, 5.74) is 1.42. The average molecular weight is 288 g/mol. The van der Waals surface area contributed by atoms with Gasteiger partial charge in [0.25, 0.3) is 0 Å². The molecule has 21 heavy (non-hydrogen) atoms. The lowest BCUT2D eigenvalue weighted by molar-refractivity contribution is 0.0460. The summed E-state index contributed by atoms with van der Waals surface area (Å²) in [6, 6.07) is 8.80. The van der Waals surface area contributed by atoms with Crippen LogP contribution in [0.2, 0.25) is 0 Å². The highest BCUT2D eigenvalue weighted by atomic mass is 16.5. The van der Waals surface area contributed by atoms with Gasteiger partial charge in [0.2, 0.25) is 0 Å². The Labute approximate surface area is 131 Å². The Morgan fingerprint density at radius 2 is 1.76 bits per heavy atom. The highest BCUT2D eigenvalue weighted by molar-refractivity contribution is 5.29. The van der Waals surface area contributed by atoms with E-state index < -0.39 is 0 Å². The van der Waals surface area contributed by atoms with Gasteiger partial charge in [-0.05, 0) is 60.6 Å². The van der Waals surface area contributed by atoms with Crippen molar-refractivity contribution >= 4 is 0 Å². The summed E-state index contributed by atoms with van der Waals surface area (Å²) < 4.78 is 6.37. The molecule has 1 nitrogen and oxygen atoms in total. The van der Waals surface area contributed by atoms with Crippen LogP contribution in [0.3, 0.4) is 0 Å². The van der Waals surface area contributed by atoms with E-state index in [-0.39, 0.29) is 0 Å². The summed E-state index contributed by atoms with van der Waals surface area (Å²) in [5.74, 6) is 3.89. The van der Waals surface area contributed by atoms with Gasteiger partial charge < -0.3 is 4.74 Å². The van der Waals surface area contributed by atoms with Crippen LogP contribution in [-0.4, -0.2) is 6.10 Å². The van der Waals surface area contributed by atoms with E-state index in [2.05, 4.69) is 58.9 Å². The zero-order valence-electron chi connectivity index (χ0n) is 14.4. The minimum Gasteiger partial charge on any atom is -0.490 e. The Morgan fingerprint density at radius 3 is 2.33 bits per heavy atom. The smallest absolute Gasteiger partial charge is 0.119 e. The van der Waals surface area contributed by atoms with Crippen molar-refractivity contribution in [3.8, 4) is 5.75 Å². The van der Waals surface area contributed by atoms with Crippen molar-refractivity contribution in [2.24, 2.45) is 17.8 Å². The van der Waals surface area contributed by atoms with Crippen molar-refractivity contribution in [2.45, 2.75) is 72.3 Å². The zero-order chi connectivity index (χ0) is 15.4. The monoisotopic (exact) mass is 288 g/mol. The van der Waals surface area contributed by atoms with Crippen LogP contribution in [0.4, 0.5) is 0 Å². The highest BCUT2D eigenvalue weighted by Crippen LogP contribution is 2.36. The third-order valence-electron chi connectivity index (χ3n) is 5.31. The quantitative estimate of drug-likeness (QED) is 0.642. The van der Waals surface area contributed by atoms with Gasteiger partial charge in [-0.25, -0.2) is 0 Å². The van der Waals surface area contributed by atoms with Gasteiger partial charge in [-0.2, -0.15) is 0 Å². The van der Waals surface area contributed by atoms with E-state index in [4.69, 9.17) is 4.74 Å². The van der Waals surface area contributed by atoms with Crippen LogP contribution in [0.25, 0.3) is 0 Å². The summed E-state index contributed by atoms with van der Waals surface area (Å²) in [5, 5.41) is 0. The summed E-state index contributed by atoms with van der Waals surface area (Å²) >= 11 is 0. The molecule has 0 aromatic heterocycles. The summed E-state index contributed by atoms with van der Waals surface area (Å²) in [7, 11) is 0. The SMILES string of the molecule is CCC(C)c1ccc(O[C@@H]2C[C@H](C)CC[C@H]2C(C)C)cc1. The van der Waals surface area contributed by atoms with Gasteiger partial charge in [0, 0.05) is 0 Å². The van der Waals surface area contributed by atoms with E-state index in [9.17, 15) is 0 Å². The van der Waals surface area contributed by atoms with E-state index in [1.54, 1.807) is 0 Å². The second-order valence-electron chi connectivity index (χ2n) is 7.36. The molecule has 1 unspecified atom stereocenters. The maximum Gasteiger partial charge on any atom is 0.119 e. The molecule has 0 radical (unpaired) electrons. The maximum atomic E-state index is 6.37. The summed E-state index contributed by atoms with van der Waals surface area (Å²) in [6.07, 6.45) is 5.46. The Bertz CT molecular complexity index is 420. The van der Waals surface area contributed by atoms with E-state index in [1.165, 1.54) is 31.2 Å². The molecule has 4 atom stereocenters. The molecule has 0 heterocycles. The second kappa shape index (κ2) is 7.33. The van der Waals surface area contributed by atoms with Gasteiger partial charge in [0.1, 0.15) is 11.9 Å². The molecule has 0 bridgehead atoms. The molecule has 1 aromatic carbocycles. The third kappa shape index (κ3) is 4.25. The van der Waals surface area contributed by atoms with Crippen LogP contribution < -0.4 is 4.74 Å². The molecule has 0 saturated heterocycles. The molecule has 1 aromatic rings. The number of hydrogen-bond acceptors (Lipinski definition) is 1. The molecule has 0 N–H and O–H groups in total. The van der Waals surface area contributed by atoms with Crippen LogP contribution in [-0.2, 0) is 0 Å². The Morgan fingerprint density at radius 1 is 1.10 bits per heavy atom. The van der Waals surface area contributed by atoms with Crippen molar-refractivity contribution in [3.63, 3.8) is 0 Å². The lowest BCUT2D eigenvalue weighted by atomic mass is 9.75. The van der Waals surface area contributed by atoms with Crippen LogP contribution in [0.1, 0.15) is 71.8 Å². The fourth-order valence-electron chi connectivity index (χ4n) is 3.54. The first kappa shape index (κ1) is 16.4. The maximum absolute atomic E-state index is 6.37. The molecule has 1 aliphatic rings. The minimum absolute atomic E-state index is 0.392. The highest BCUT2D eigenvalue weighted by Gasteiger charge is 2.32. The second-order valence-corrected chi connectivity index (χ2v) is 7.36. The molecular formula is C20H32O. The van der Waals surface area contributed by atoms with Gasteiger partial charge in [-0.15, -0.1) is 0 Å². The number of ether oxygens (including phenoxy) is 1. The topological polar surface area (TPSA) is 9.23 Å². The van der Waals surface area contributed by atoms with Crippen molar-refractivity contribution in [1.29, 1.82) is 0 Å². The normalized spacial score (nSPS) is 27.6. The Kier molecular flexibility index (Phi) is 5.72. The van der Waals surface area contributed by atoms with Gasteiger partial charge >= 0.3 is 0 Å². The molecule has 1 heteroatoms. The Hall–Kier alpha value is -0.980. The predicted octanol–water partition coefficient (Wildman–Crippen LogP) is 6.04. The van der Waals surface area contributed by atoms with Crippen molar-refractivity contribution in [1.82, 2.24) is 0 Å². The summed E-state index contributed by atoms with van der Waals surface area (Å²) in [4.78, 5) is 0. The molecular weight excluding hydrogens is 256 g/mol. The first-order chi connectivity index (χ1) is 10.0. The molecule has 118 valence electrons. The zero-order valence-corrected chi connectivity index (χ0v) is 14.4. The number of hydrogen-bond donors (Lipinski definition) is 0. The summed E-state index contributed by atoms with van der Waals surface area (Å²) in [6.45, 7) is 11.6. The van der Waals surface area contributed by atoms with Gasteiger partial charge in [0.05, 0.1) is 0 Å². The minimum atomic E-state index is 0.392. The number of rotatable bonds is 5. The molecule has 0 amide bonds. The van der Waals surface area contributed by atoms with Crippen molar-refractivity contribution < 1.29 is 4.74 Å². The fourth-order valence-corrected chi connectivity index (χ4v) is 3.54. The first-order valence-electron chi connectivity index (χ1n) is 8.77. The lowest BCUT2D eigenvalue weighted by Crippen LogP contribution is -2.36. The molecule has 1 fully saturated rings. The molecule has 2 rings (SSSR count). The average Bonchev–Trinajstić information content (AvgIpc) is 2.47. The van der Waals surface area contributed by atoms with E-state index in [0.717, 1.165) is 11.7 Å². The Balaban J connectivity index is 2.04. The van der Waals surface area contributed by atoms with E-state index in [1.807, 2.05) is 0 Å². The molecule has 0 aliphatic heterocycles. The van der Waals surface area contributed by atoms with Gasteiger partial charge in [0.15, 0.2) is 0 Å². The largest absolute Gasteiger partial charge is 0.490 e. The van der Waals surface area contributed by atoms with Crippen LogP contribution >= 0.6 is 0 Å². The van der Waals surface area contributed by atoms with E-state index >= 15 is 0 Å². The van der Waals surface area contributed by atoms with Crippen molar-refractivity contribution in [3.05, 3.63) is 29.8 Å². The first-order valence-corrected chi connectivity index (χ1v) is 8.77. The number of benzene rings is 1. The van der Waals surface area contributed by atoms with Crippen LogP contribution in [0, 0.1) is 17.8 Å². The van der Waals surface area contributed by atoms with Crippen LogP contribution in [0.15, 0.2) is 24.3 Å². The predicted molar refractivity (Wildman–Crippen MR) is 90.9 cm³/mol. The molecule has 1 saturated carbocycles.